The summed E-state index contributed by atoms with van der Waals surface area (Å²) in [5, 5.41) is 0. The van der Waals surface area contributed by atoms with Crippen molar-refractivity contribution in [1.29, 1.82) is 0 Å². The summed E-state index contributed by atoms with van der Waals surface area (Å²) in [5.74, 6) is -0.343. The maximum Gasteiger partial charge on any atom is 0.337 e. The Bertz CT molecular complexity index is 255. The van der Waals surface area contributed by atoms with Gasteiger partial charge in [0.15, 0.2) is 0 Å². The predicted molar refractivity (Wildman–Crippen MR) is 64.9 cm³/mol. The largest absolute Gasteiger partial charge is 0.465 e. The predicted octanol–water partition coefficient (Wildman–Crippen LogP) is 3.11. The summed E-state index contributed by atoms with van der Waals surface area (Å²) in [4.78, 5) is 10.9. The van der Waals surface area contributed by atoms with E-state index in [0.717, 1.165) is 0 Å². The van der Waals surface area contributed by atoms with Crippen LogP contribution in [0.15, 0.2) is 24.3 Å². The third-order valence-electron chi connectivity index (χ3n) is 1.33. The number of benzene rings is 1. The molecule has 0 radical (unpaired) electrons. The Morgan fingerprint density at radius 1 is 1.07 bits per heavy atom. The van der Waals surface area contributed by atoms with Crippen molar-refractivity contribution >= 4 is 11.7 Å². The summed E-state index contributed by atoms with van der Waals surface area (Å²) in [6.07, 6.45) is 0. The van der Waals surface area contributed by atoms with E-state index in [-0.39, 0.29) is 5.97 Å². The first kappa shape index (κ1) is 15.9. The molecule has 86 valence electrons. The third kappa shape index (κ3) is 6.55. The molecule has 0 aliphatic heterocycles. The molecule has 0 amide bonds. The fraction of sp³-hybridized carbons (Fsp3) is 0.417. The van der Waals surface area contributed by atoms with Gasteiger partial charge in [-0.3, -0.25) is 0 Å². The number of ether oxygens (including phenoxy) is 1. The molecule has 0 aliphatic rings. The Balaban J connectivity index is 0. The molecular formula is C12H21NO2. The average Bonchev–Trinajstić information content (AvgIpc) is 2.34. The van der Waals surface area contributed by atoms with Crippen LogP contribution in [0.1, 0.15) is 38.1 Å². The van der Waals surface area contributed by atoms with E-state index in [1.807, 2.05) is 27.7 Å². The first-order valence-electron chi connectivity index (χ1n) is 5.18. The molecule has 0 heterocycles. The second-order valence-electron chi connectivity index (χ2n) is 2.11. The van der Waals surface area contributed by atoms with Crippen LogP contribution in [0.5, 0.6) is 0 Å². The van der Waals surface area contributed by atoms with Crippen LogP contribution in [-0.4, -0.2) is 13.1 Å². The number of nitrogen functional groups attached to an aromatic ring is 1. The second kappa shape index (κ2) is 10.6. The highest BCUT2D eigenvalue weighted by Gasteiger charge is 2.02. The van der Waals surface area contributed by atoms with Crippen LogP contribution in [0.25, 0.3) is 0 Å². The molecule has 1 aromatic rings. The van der Waals surface area contributed by atoms with Gasteiger partial charge in [0.1, 0.15) is 0 Å². The van der Waals surface area contributed by atoms with Crippen LogP contribution in [0.2, 0.25) is 0 Å². The van der Waals surface area contributed by atoms with Crippen LogP contribution < -0.4 is 5.73 Å². The van der Waals surface area contributed by atoms with Gasteiger partial charge in [0.2, 0.25) is 0 Å². The van der Waals surface area contributed by atoms with Crippen LogP contribution in [0, 0.1) is 0 Å². The van der Waals surface area contributed by atoms with Crippen molar-refractivity contribution in [3.8, 4) is 0 Å². The van der Waals surface area contributed by atoms with Gasteiger partial charge < -0.3 is 10.5 Å². The van der Waals surface area contributed by atoms with E-state index in [2.05, 4.69) is 4.74 Å². The second-order valence-corrected chi connectivity index (χ2v) is 2.11. The molecule has 1 rings (SSSR count). The highest BCUT2D eigenvalue weighted by atomic mass is 16.5. The van der Waals surface area contributed by atoms with Gasteiger partial charge in [0.05, 0.1) is 12.7 Å². The lowest BCUT2D eigenvalue weighted by Gasteiger charge is -1.97. The van der Waals surface area contributed by atoms with Crippen LogP contribution >= 0.6 is 0 Å². The molecule has 3 heteroatoms. The minimum Gasteiger partial charge on any atom is -0.465 e. The Morgan fingerprint density at radius 2 is 1.47 bits per heavy atom. The van der Waals surface area contributed by atoms with Crippen molar-refractivity contribution in [2.24, 2.45) is 0 Å². The number of carbonyl (C=O) groups excluding carboxylic acids is 1. The van der Waals surface area contributed by atoms with Gasteiger partial charge in [-0.2, -0.15) is 0 Å². The highest BCUT2D eigenvalue weighted by Crippen LogP contribution is 2.05. The molecule has 0 saturated heterocycles. The average molecular weight is 211 g/mol. The van der Waals surface area contributed by atoms with Gasteiger partial charge in [0, 0.05) is 5.69 Å². The zero-order valence-electron chi connectivity index (χ0n) is 10.2. The van der Waals surface area contributed by atoms with Gasteiger partial charge in [-0.25, -0.2) is 4.79 Å². The van der Waals surface area contributed by atoms with Crippen LogP contribution in [-0.2, 0) is 4.74 Å². The number of methoxy groups -OCH3 is 1. The standard InChI is InChI=1S/C8H9NO2.2C2H6/c1-11-8(10)6-2-4-7(9)5-3-6;2*1-2/h2-5H,9H2,1H3;2*1-2H3. The normalized spacial score (nSPS) is 7.53. The Kier molecular flexibility index (Phi) is 11.2. The topological polar surface area (TPSA) is 52.3 Å². The lowest BCUT2D eigenvalue weighted by molar-refractivity contribution is 0.0601. The lowest BCUT2D eigenvalue weighted by Crippen LogP contribution is -2.00. The van der Waals surface area contributed by atoms with E-state index in [9.17, 15) is 4.79 Å². The van der Waals surface area contributed by atoms with Crippen molar-refractivity contribution in [2.45, 2.75) is 27.7 Å². The minimum atomic E-state index is -0.343. The number of rotatable bonds is 1. The summed E-state index contributed by atoms with van der Waals surface area (Å²) in [7, 11) is 1.35. The molecule has 2 N–H and O–H groups in total. The van der Waals surface area contributed by atoms with Crippen LogP contribution in [0.4, 0.5) is 5.69 Å². The molecule has 0 aliphatic carbocycles. The molecule has 0 saturated carbocycles. The lowest BCUT2D eigenvalue weighted by atomic mass is 10.2. The zero-order valence-corrected chi connectivity index (χ0v) is 10.2. The molecule has 0 bridgehead atoms. The maximum absolute atomic E-state index is 10.9. The van der Waals surface area contributed by atoms with Gasteiger partial charge in [0.25, 0.3) is 0 Å². The number of hydrogen-bond acceptors (Lipinski definition) is 3. The monoisotopic (exact) mass is 211 g/mol. The van der Waals surface area contributed by atoms with E-state index >= 15 is 0 Å². The van der Waals surface area contributed by atoms with Gasteiger partial charge >= 0.3 is 5.97 Å². The number of nitrogens with two attached hydrogens (primary N) is 1. The molecule has 0 aromatic heterocycles. The first-order chi connectivity index (χ1) is 7.24. The van der Waals surface area contributed by atoms with Crippen molar-refractivity contribution in [2.75, 3.05) is 12.8 Å². The van der Waals surface area contributed by atoms with E-state index in [1.165, 1.54) is 7.11 Å². The number of esters is 1. The molecule has 3 nitrogen and oxygen atoms in total. The van der Waals surface area contributed by atoms with Gasteiger partial charge in [-0.1, -0.05) is 27.7 Å². The fourth-order valence-electron chi connectivity index (χ4n) is 0.737. The number of anilines is 1. The van der Waals surface area contributed by atoms with E-state index in [1.54, 1.807) is 24.3 Å². The zero-order chi connectivity index (χ0) is 12.3. The summed E-state index contributed by atoms with van der Waals surface area (Å²) in [5.41, 5.74) is 6.57. The van der Waals surface area contributed by atoms with E-state index < -0.39 is 0 Å². The smallest absolute Gasteiger partial charge is 0.337 e. The molecular weight excluding hydrogens is 190 g/mol. The van der Waals surface area contributed by atoms with E-state index in [4.69, 9.17) is 5.73 Å². The molecule has 1 aromatic carbocycles. The summed E-state index contributed by atoms with van der Waals surface area (Å²) < 4.78 is 4.50. The summed E-state index contributed by atoms with van der Waals surface area (Å²) in [6.45, 7) is 8.00. The molecule has 0 atom stereocenters. The van der Waals surface area contributed by atoms with Crippen molar-refractivity contribution in [3.63, 3.8) is 0 Å². The van der Waals surface area contributed by atoms with Crippen molar-refractivity contribution in [1.82, 2.24) is 0 Å². The summed E-state index contributed by atoms with van der Waals surface area (Å²) in [6, 6.07) is 6.57. The Labute approximate surface area is 92.2 Å². The van der Waals surface area contributed by atoms with Gasteiger partial charge in [-0.15, -0.1) is 0 Å². The maximum atomic E-state index is 10.9. The first-order valence-corrected chi connectivity index (χ1v) is 5.18. The molecule has 15 heavy (non-hydrogen) atoms. The fourth-order valence-corrected chi connectivity index (χ4v) is 0.737. The quantitative estimate of drug-likeness (QED) is 0.573. The Hall–Kier alpha value is -1.51. The van der Waals surface area contributed by atoms with E-state index in [0.29, 0.717) is 11.3 Å². The van der Waals surface area contributed by atoms with Crippen molar-refractivity contribution < 1.29 is 9.53 Å². The SMILES string of the molecule is CC.CC.COC(=O)c1ccc(N)cc1. The summed E-state index contributed by atoms with van der Waals surface area (Å²) >= 11 is 0. The third-order valence-corrected chi connectivity index (χ3v) is 1.33. The molecule has 0 spiro atoms. The molecule has 0 unspecified atom stereocenters. The highest BCUT2D eigenvalue weighted by molar-refractivity contribution is 5.89. The Morgan fingerprint density at radius 3 is 1.80 bits per heavy atom. The number of carbonyl (C=O) groups is 1. The van der Waals surface area contributed by atoms with Crippen LogP contribution in [0.3, 0.4) is 0 Å². The molecule has 0 fully saturated rings. The number of hydrogen-bond donors (Lipinski definition) is 1. The van der Waals surface area contributed by atoms with Crippen molar-refractivity contribution in [3.05, 3.63) is 29.8 Å². The minimum absolute atomic E-state index is 0.343. The van der Waals surface area contributed by atoms with Gasteiger partial charge in [-0.05, 0) is 24.3 Å².